The summed E-state index contributed by atoms with van der Waals surface area (Å²) in [4.78, 5) is 28.1. The number of amides is 2. The van der Waals surface area contributed by atoms with Crippen molar-refractivity contribution in [2.45, 2.75) is 39.0 Å². The molecule has 0 radical (unpaired) electrons. The molecule has 2 amide bonds. The van der Waals surface area contributed by atoms with Crippen LogP contribution in [0.3, 0.4) is 0 Å². The highest BCUT2D eigenvalue weighted by Gasteiger charge is 2.29. The molecule has 2 saturated heterocycles. The van der Waals surface area contributed by atoms with E-state index < -0.39 is 13.0 Å². The first-order valence-electron chi connectivity index (χ1n) is 8.51. The van der Waals surface area contributed by atoms with E-state index in [2.05, 4.69) is 12.2 Å². The second-order valence-corrected chi connectivity index (χ2v) is 6.77. The summed E-state index contributed by atoms with van der Waals surface area (Å²) in [6.07, 6.45) is 1.08. The number of rotatable bonds is 5. The number of nitrogens with zero attached hydrogens (tertiary/aromatic N) is 2. The number of hydrogen-bond acceptors (Lipinski definition) is 3. The molecule has 0 aromatic rings. The molecule has 1 N–H and O–H groups in total. The molecule has 1 atom stereocenters. The molecule has 2 aliphatic heterocycles. The Kier molecular flexibility index (Phi) is 6.74. The smallest absolute Gasteiger partial charge is 0.255 e. The Morgan fingerprint density at radius 3 is 2.52 bits per heavy atom. The van der Waals surface area contributed by atoms with Crippen molar-refractivity contribution in [2.24, 2.45) is 11.8 Å². The molecule has 2 rings (SSSR count). The monoisotopic (exact) mass is 331 g/mol. The molecular formula is C16H27F2N3O2. The van der Waals surface area contributed by atoms with Gasteiger partial charge in [0.1, 0.15) is 0 Å². The summed E-state index contributed by atoms with van der Waals surface area (Å²) < 4.78 is 24.3. The van der Waals surface area contributed by atoms with Gasteiger partial charge in [-0.2, -0.15) is 0 Å². The lowest BCUT2D eigenvalue weighted by molar-refractivity contribution is -0.135. The number of likely N-dealkylation sites (tertiary alicyclic amines) is 2. The maximum absolute atomic E-state index is 12.3. The quantitative estimate of drug-likeness (QED) is 0.827. The predicted octanol–water partition coefficient (Wildman–Crippen LogP) is 1.34. The van der Waals surface area contributed by atoms with Crippen molar-refractivity contribution in [1.29, 1.82) is 0 Å². The highest BCUT2D eigenvalue weighted by molar-refractivity contribution is 5.80. The maximum Gasteiger partial charge on any atom is 0.255 e. The van der Waals surface area contributed by atoms with Crippen LogP contribution in [0.5, 0.6) is 0 Å². The molecule has 1 unspecified atom stereocenters. The molecule has 2 aliphatic rings. The molecular weight excluding hydrogens is 304 g/mol. The topological polar surface area (TPSA) is 52.7 Å². The van der Waals surface area contributed by atoms with Crippen LogP contribution < -0.4 is 5.32 Å². The first-order chi connectivity index (χ1) is 11.0. The van der Waals surface area contributed by atoms with Crippen molar-refractivity contribution in [3.63, 3.8) is 0 Å². The molecule has 2 heterocycles. The van der Waals surface area contributed by atoms with Crippen molar-refractivity contribution in [1.82, 2.24) is 15.1 Å². The lowest BCUT2D eigenvalue weighted by Crippen LogP contribution is -2.49. The zero-order valence-corrected chi connectivity index (χ0v) is 13.8. The first-order valence-corrected chi connectivity index (χ1v) is 8.51. The molecule has 0 saturated carbocycles. The normalized spacial score (nSPS) is 24.0. The third-order valence-electron chi connectivity index (χ3n) is 4.80. The highest BCUT2D eigenvalue weighted by atomic mass is 19.3. The van der Waals surface area contributed by atoms with Crippen molar-refractivity contribution in [2.75, 3.05) is 39.3 Å². The molecule has 7 heteroatoms. The molecule has 132 valence electrons. The Balaban J connectivity index is 1.77. The number of carbonyl (C=O) groups excluding carboxylic acids is 2. The summed E-state index contributed by atoms with van der Waals surface area (Å²) in [5.74, 6) is 0.174. The van der Waals surface area contributed by atoms with Crippen LogP contribution in [-0.4, -0.2) is 67.3 Å². The Morgan fingerprint density at radius 2 is 1.87 bits per heavy atom. The van der Waals surface area contributed by atoms with E-state index in [4.69, 9.17) is 0 Å². The highest BCUT2D eigenvalue weighted by Crippen LogP contribution is 2.19. The van der Waals surface area contributed by atoms with Crippen LogP contribution in [0, 0.1) is 11.8 Å². The van der Waals surface area contributed by atoms with Gasteiger partial charge in [-0.05, 0) is 38.1 Å². The van der Waals surface area contributed by atoms with Gasteiger partial charge >= 0.3 is 0 Å². The van der Waals surface area contributed by atoms with Crippen LogP contribution in [0.25, 0.3) is 0 Å². The zero-order chi connectivity index (χ0) is 16.8. The fourth-order valence-electron chi connectivity index (χ4n) is 3.28. The minimum absolute atomic E-state index is 0.116. The van der Waals surface area contributed by atoms with Gasteiger partial charge in [0.25, 0.3) is 6.43 Å². The summed E-state index contributed by atoms with van der Waals surface area (Å²) in [5, 5.41) is 2.28. The number of alkyl halides is 2. The Bertz CT molecular complexity index is 412. The van der Waals surface area contributed by atoms with Crippen LogP contribution in [0.1, 0.15) is 32.6 Å². The molecule has 5 nitrogen and oxygen atoms in total. The van der Waals surface area contributed by atoms with E-state index >= 15 is 0 Å². The fraction of sp³-hybridized carbons (Fsp3) is 0.875. The Labute approximate surface area is 136 Å². The molecule has 23 heavy (non-hydrogen) atoms. The van der Waals surface area contributed by atoms with Gasteiger partial charge in [-0.1, -0.05) is 6.92 Å². The average molecular weight is 331 g/mol. The average Bonchev–Trinajstić information content (AvgIpc) is 2.53. The Morgan fingerprint density at radius 1 is 1.17 bits per heavy atom. The van der Waals surface area contributed by atoms with Crippen molar-refractivity contribution >= 4 is 11.8 Å². The molecule has 0 bridgehead atoms. The second kappa shape index (κ2) is 8.57. The first kappa shape index (κ1) is 18.1. The van der Waals surface area contributed by atoms with E-state index in [0.717, 1.165) is 38.9 Å². The standard InChI is InChI=1S/C16H27F2N3O2/c1-12-4-7-21(8-5-12)15(22)11-20-6-2-3-13(10-20)16(23)19-9-14(17)18/h12-14H,2-11H2,1H3,(H,19,23). The van der Waals surface area contributed by atoms with E-state index in [1.165, 1.54) is 0 Å². The third kappa shape index (κ3) is 5.71. The van der Waals surface area contributed by atoms with Crippen LogP contribution in [0.2, 0.25) is 0 Å². The lowest BCUT2D eigenvalue weighted by atomic mass is 9.96. The van der Waals surface area contributed by atoms with Gasteiger partial charge in [-0.3, -0.25) is 14.5 Å². The summed E-state index contributed by atoms with van der Waals surface area (Å²) >= 11 is 0. The minimum atomic E-state index is -2.53. The third-order valence-corrected chi connectivity index (χ3v) is 4.80. The van der Waals surface area contributed by atoms with Gasteiger partial charge in [-0.25, -0.2) is 8.78 Å². The number of carbonyl (C=O) groups is 2. The minimum Gasteiger partial charge on any atom is -0.350 e. The van der Waals surface area contributed by atoms with Gasteiger partial charge in [0.05, 0.1) is 19.0 Å². The van der Waals surface area contributed by atoms with E-state index in [9.17, 15) is 18.4 Å². The summed E-state index contributed by atoms with van der Waals surface area (Å²) in [7, 11) is 0. The number of halogens is 2. The number of hydrogen-bond donors (Lipinski definition) is 1. The van der Waals surface area contributed by atoms with Crippen LogP contribution in [0.15, 0.2) is 0 Å². The SMILES string of the molecule is CC1CCN(C(=O)CN2CCCC(C(=O)NCC(F)F)C2)CC1. The van der Waals surface area contributed by atoms with Gasteiger partial charge in [-0.15, -0.1) is 0 Å². The lowest BCUT2D eigenvalue weighted by Gasteiger charge is -2.35. The molecule has 0 aromatic heterocycles. The van der Waals surface area contributed by atoms with E-state index in [0.29, 0.717) is 25.4 Å². The van der Waals surface area contributed by atoms with Crippen molar-refractivity contribution < 1.29 is 18.4 Å². The summed E-state index contributed by atoms with van der Waals surface area (Å²) in [5.41, 5.74) is 0. The predicted molar refractivity (Wildman–Crippen MR) is 83.2 cm³/mol. The Hall–Kier alpha value is -1.24. The summed E-state index contributed by atoms with van der Waals surface area (Å²) in [6, 6.07) is 0. The molecule has 2 fully saturated rings. The van der Waals surface area contributed by atoms with E-state index in [-0.39, 0.29) is 17.7 Å². The van der Waals surface area contributed by atoms with Crippen LogP contribution in [-0.2, 0) is 9.59 Å². The fourth-order valence-corrected chi connectivity index (χ4v) is 3.28. The maximum atomic E-state index is 12.3. The second-order valence-electron chi connectivity index (χ2n) is 6.77. The van der Waals surface area contributed by atoms with Crippen LogP contribution >= 0.6 is 0 Å². The van der Waals surface area contributed by atoms with Gasteiger partial charge in [0, 0.05) is 19.6 Å². The zero-order valence-electron chi connectivity index (χ0n) is 13.8. The molecule has 0 spiro atoms. The van der Waals surface area contributed by atoms with Gasteiger partial charge in [0.2, 0.25) is 11.8 Å². The van der Waals surface area contributed by atoms with Gasteiger partial charge < -0.3 is 10.2 Å². The molecule has 0 aliphatic carbocycles. The van der Waals surface area contributed by atoms with E-state index in [1.807, 2.05) is 9.80 Å². The van der Waals surface area contributed by atoms with Gasteiger partial charge in [0.15, 0.2) is 0 Å². The number of nitrogens with one attached hydrogen (secondary N) is 1. The van der Waals surface area contributed by atoms with Crippen LogP contribution in [0.4, 0.5) is 8.78 Å². The number of piperidine rings is 2. The van der Waals surface area contributed by atoms with Crippen molar-refractivity contribution in [3.05, 3.63) is 0 Å². The largest absolute Gasteiger partial charge is 0.350 e. The molecule has 0 aromatic carbocycles. The van der Waals surface area contributed by atoms with Crippen molar-refractivity contribution in [3.8, 4) is 0 Å². The summed E-state index contributed by atoms with van der Waals surface area (Å²) in [6.45, 7) is 4.82. The van der Waals surface area contributed by atoms with E-state index in [1.54, 1.807) is 0 Å².